The second kappa shape index (κ2) is 5.93. The molecule has 1 aromatic rings. The van der Waals surface area contributed by atoms with Crippen LogP contribution in [-0.2, 0) is 0 Å². The van der Waals surface area contributed by atoms with Crippen LogP contribution >= 0.6 is 15.9 Å². The fraction of sp³-hybridized carbons (Fsp3) is 0.167. The Bertz CT molecular complexity index is 491. The fourth-order valence-electron chi connectivity index (χ4n) is 1.06. The number of nitriles is 2. The van der Waals surface area contributed by atoms with Gasteiger partial charge in [0.15, 0.2) is 0 Å². The van der Waals surface area contributed by atoms with Crippen molar-refractivity contribution in [2.45, 2.75) is 12.0 Å². The van der Waals surface area contributed by atoms with Crippen molar-refractivity contribution >= 4 is 21.6 Å². The highest BCUT2D eigenvalue weighted by Gasteiger charge is 2.28. The van der Waals surface area contributed by atoms with Crippen molar-refractivity contribution < 1.29 is 0 Å². The van der Waals surface area contributed by atoms with E-state index in [1.165, 1.54) is 6.08 Å². The van der Waals surface area contributed by atoms with E-state index in [0.29, 0.717) is 5.69 Å². The lowest BCUT2D eigenvalue weighted by molar-refractivity contribution is 0.660. The van der Waals surface area contributed by atoms with E-state index in [4.69, 9.17) is 10.5 Å². The van der Waals surface area contributed by atoms with Gasteiger partial charge >= 0.3 is 0 Å². The van der Waals surface area contributed by atoms with Crippen LogP contribution in [0, 0.1) is 22.7 Å². The maximum atomic E-state index is 8.95. The van der Waals surface area contributed by atoms with Crippen LogP contribution in [0.15, 0.2) is 51.6 Å². The summed E-state index contributed by atoms with van der Waals surface area (Å²) in [4.78, 5) is 0. The number of benzene rings is 1. The molecule has 4 nitrogen and oxygen atoms in total. The molecule has 1 aromatic carbocycles. The molecule has 0 amide bonds. The van der Waals surface area contributed by atoms with Crippen LogP contribution in [0.5, 0.6) is 0 Å². The third-order valence-corrected chi connectivity index (χ3v) is 2.50. The van der Waals surface area contributed by atoms with E-state index in [2.05, 4.69) is 32.7 Å². The van der Waals surface area contributed by atoms with Gasteiger partial charge in [-0.2, -0.15) is 20.8 Å². The van der Waals surface area contributed by atoms with Crippen LogP contribution in [0.2, 0.25) is 0 Å². The molecule has 0 aliphatic carbocycles. The first kappa shape index (κ1) is 13.1. The van der Waals surface area contributed by atoms with Crippen molar-refractivity contribution in [2.24, 2.45) is 10.2 Å². The minimum atomic E-state index is -1.48. The molecule has 0 unspecified atom stereocenters. The maximum Gasteiger partial charge on any atom is 0.255 e. The Labute approximate surface area is 108 Å². The van der Waals surface area contributed by atoms with Gasteiger partial charge in [0, 0.05) is 10.9 Å². The van der Waals surface area contributed by atoms with Gasteiger partial charge in [-0.25, -0.2) is 0 Å². The third-order valence-electron chi connectivity index (χ3n) is 1.97. The molecule has 0 aliphatic rings. The Morgan fingerprint density at radius 1 is 1.29 bits per heavy atom. The van der Waals surface area contributed by atoms with Crippen LogP contribution in [0.3, 0.4) is 0 Å². The second-order valence-corrected chi connectivity index (χ2v) is 4.17. The van der Waals surface area contributed by atoms with E-state index in [-0.39, 0.29) is 6.42 Å². The highest BCUT2D eigenvalue weighted by molar-refractivity contribution is 9.10. The molecular weight excluding hydrogens is 280 g/mol. The highest BCUT2D eigenvalue weighted by atomic mass is 79.9. The minimum absolute atomic E-state index is 0.153. The summed E-state index contributed by atoms with van der Waals surface area (Å²) >= 11 is 3.30. The average Bonchev–Trinajstić information content (AvgIpc) is 2.36. The SMILES string of the molecule is C=CCC(C#N)(C#N)N=Nc1ccc(Br)cc1. The molecule has 0 heterocycles. The Kier molecular flexibility index (Phi) is 4.56. The Balaban J connectivity index is 2.96. The Hall–Kier alpha value is -1.98. The first-order valence-corrected chi connectivity index (χ1v) is 5.57. The van der Waals surface area contributed by atoms with Crippen molar-refractivity contribution in [3.63, 3.8) is 0 Å². The minimum Gasteiger partial charge on any atom is -0.194 e. The molecule has 17 heavy (non-hydrogen) atoms. The number of azo groups is 1. The summed E-state index contributed by atoms with van der Waals surface area (Å²) in [6.45, 7) is 3.50. The van der Waals surface area contributed by atoms with Gasteiger partial charge < -0.3 is 0 Å². The number of hydrogen-bond donors (Lipinski definition) is 0. The first-order chi connectivity index (χ1) is 8.15. The van der Waals surface area contributed by atoms with Crippen LogP contribution in [-0.4, -0.2) is 5.54 Å². The topological polar surface area (TPSA) is 72.3 Å². The van der Waals surface area contributed by atoms with Crippen molar-refractivity contribution in [1.82, 2.24) is 0 Å². The van der Waals surface area contributed by atoms with E-state index in [9.17, 15) is 0 Å². The maximum absolute atomic E-state index is 8.95. The number of hydrogen-bond acceptors (Lipinski definition) is 4. The molecule has 84 valence electrons. The second-order valence-electron chi connectivity index (χ2n) is 3.25. The first-order valence-electron chi connectivity index (χ1n) is 4.77. The van der Waals surface area contributed by atoms with Crippen molar-refractivity contribution in [2.75, 3.05) is 0 Å². The zero-order chi connectivity index (χ0) is 12.7. The highest BCUT2D eigenvalue weighted by Crippen LogP contribution is 2.21. The Morgan fingerprint density at radius 2 is 1.88 bits per heavy atom. The molecule has 0 atom stereocenters. The molecule has 1 rings (SSSR count). The number of nitrogens with zero attached hydrogens (tertiary/aromatic N) is 4. The molecule has 5 heteroatoms. The van der Waals surface area contributed by atoms with Crippen LogP contribution in [0.4, 0.5) is 5.69 Å². The third kappa shape index (κ3) is 3.51. The molecule has 0 bridgehead atoms. The number of halogens is 1. The molecule has 0 fully saturated rings. The van der Waals surface area contributed by atoms with Gasteiger partial charge in [0.25, 0.3) is 5.54 Å². The molecule has 0 radical (unpaired) electrons. The summed E-state index contributed by atoms with van der Waals surface area (Å²) in [6.07, 6.45) is 1.63. The van der Waals surface area contributed by atoms with Gasteiger partial charge in [-0.1, -0.05) is 22.0 Å². The zero-order valence-electron chi connectivity index (χ0n) is 8.97. The van der Waals surface area contributed by atoms with Crippen LogP contribution < -0.4 is 0 Å². The van der Waals surface area contributed by atoms with Crippen molar-refractivity contribution in [1.29, 1.82) is 10.5 Å². The van der Waals surface area contributed by atoms with Gasteiger partial charge in [-0.15, -0.1) is 6.58 Å². The summed E-state index contributed by atoms with van der Waals surface area (Å²) < 4.78 is 0.925. The van der Waals surface area contributed by atoms with E-state index < -0.39 is 5.54 Å². The lowest BCUT2D eigenvalue weighted by atomic mass is 10.0. The summed E-state index contributed by atoms with van der Waals surface area (Å²) in [5.41, 5.74) is -0.887. The Morgan fingerprint density at radius 3 is 2.35 bits per heavy atom. The summed E-state index contributed by atoms with van der Waals surface area (Å²) in [6, 6.07) is 10.8. The van der Waals surface area contributed by atoms with Gasteiger partial charge in [0.1, 0.15) is 12.1 Å². The van der Waals surface area contributed by atoms with E-state index >= 15 is 0 Å². The standard InChI is InChI=1S/C12H9BrN4/c1-2-7-12(8-14,9-15)17-16-11-5-3-10(13)4-6-11/h2-6H,1,7H2. The molecule has 0 saturated carbocycles. The van der Waals surface area contributed by atoms with Crippen LogP contribution in [0.1, 0.15) is 6.42 Å². The van der Waals surface area contributed by atoms with Crippen molar-refractivity contribution in [3.8, 4) is 12.1 Å². The number of rotatable bonds is 4. The van der Waals surface area contributed by atoms with E-state index in [0.717, 1.165) is 4.47 Å². The van der Waals surface area contributed by atoms with Gasteiger partial charge in [0.05, 0.1) is 5.69 Å². The fourth-order valence-corrected chi connectivity index (χ4v) is 1.33. The van der Waals surface area contributed by atoms with Gasteiger partial charge in [-0.3, -0.25) is 0 Å². The van der Waals surface area contributed by atoms with Gasteiger partial charge in [-0.05, 0) is 24.3 Å². The van der Waals surface area contributed by atoms with Crippen LogP contribution in [0.25, 0.3) is 0 Å². The van der Waals surface area contributed by atoms with E-state index in [1.54, 1.807) is 12.1 Å². The molecule has 0 spiro atoms. The van der Waals surface area contributed by atoms with E-state index in [1.807, 2.05) is 24.3 Å². The molecule has 0 saturated heterocycles. The summed E-state index contributed by atoms with van der Waals surface area (Å²) in [5.74, 6) is 0. The predicted octanol–water partition coefficient (Wildman–Crippen LogP) is 3.89. The molecule has 0 aromatic heterocycles. The van der Waals surface area contributed by atoms with Gasteiger partial charge in [0.2, 0.25) is 0 Å². The normalized spacial score (nSPS) is 10.8. The smallest absolute Gasteiger partial charge is 0.194 e. The largest absolute Gasteiger partial charge is 0.255 e. The molecule has 0 N–H and O–H groups in total. The lowest BCUT2D eigenvalue weighted by Gasteiger charge is -2.07. The zero-order valence-corrected chi connectivity index (χ0v) is 10.6. The molecular formula is C12H9BrN4. The molecule has 0 aliphatic heterocycles. The lowest BCUT2D eigenvalue weighted by Crippen LogP contribution is -2.19. The monoisotopic (exact) mass is 288 g/mol. The predicted molar refractivity (Wildman–Crippen MR) is 67.4 cm³/mol. The summed E-state index contributed by atoms with van der Waals surface area (Å²) in [7, 11) is 0. The average molecular weight is 289 g/mol. The van der Waals surface area contributed by atoms with Crippen molar-refractivity contribution in [3.05, 3.63) is 41.4 Å². The quantitative estimate of drug-likeness (QED) is 0.623. The summed E-state index contributed by atoms with van der Waals surface area (Å²) in [5, 5.41) is 25.6.